The van der Waals surface area contributed by atoms with Crippen LogP contribution in [-0.2, 0) is 22.5 Å². The van der Waals surface area contributed by atoms with E-state index in [0.29, 0.717) is 31.2 Å². The normalized spacial score (nSPS) is 12.3. The lowest BCUT2D eigenvalue weighted by molar-refractivity contribution is -0.134. The van der Waals surface area contributed by atoms with Crippen molar-refractivity contribution in [2.45, 2.75) is 32.4 Å². The SMILES string of the molecule is CCC(C(=O)N(C)Cc1nc(CCOC)no1)n1cccn1. The second kappa shape index (κ2) is 7.69. The van der Waals surface area contributed by atoms with Crippen molar-refractivity contribution >= 4 is 5.91 Å². The van der Waals surface area contributed by atoms with Gasteiger partial charge < -0.3 is 14.2 Å². The average molecular weight is 307 g/mol. The lowest BCUT2D eigenvalue weighted by Crippen LogP contribution is -2.34. The fourth-order valence-electron chi connectivity index (χ4n) is 2.12. The minimum Gasteiger partial charge on any atom is -0.384 e. The topological polar surface area (TPSA) is 86.3 Å². The van der Waals surface area contributed by atoms with Crippen molar-refractivity contribution in [3.8, 4) is 0 Å². The van der Waals surface area contributed by atoms with Gasteiger partial charge in [-0.1, -0.05) is 12.1 Å². The zero-order valence-electron chi connectivity index (χ0n) is 13.1. The molecule has 2 aromatic heterocycles. The van der Waals surface area contributed by atoms with E-state index in [4.69, 9.17) is 9.26 Å². The summed E-state index contributed by atoms with van der Waals surface area (Å²) in [5.74, 6) is 0.955. The Bertz CT molecular complexity index is 581. The van der Waals surface area contributed by atoms with Gasteiger partial charge in [-0.25, -0.2) is 0 Å². The van der Waals surface area contributed by atoms with Gasteiger partial charge >= 0.3 is 0 Å². The summed E-state index contributed by atoms with van der Waals surface area (Å²) < 4.78 is 11.8. The van der Waals surface area contributed by atoms with Crippen LogP contribution >= 0.6 is 0 Å². The van der Waals surface area contributed by atoms with E-state index < -0.39 is 0 Å². The van der Waals surface area contributed by atoms with Crippen molar-refractivity contribution in [2.75, 3.05) is 20.8 Å². The van der Waals surface area contributed by atoms with E-state index in [1.165, 1.54) is 0 Å². The van der Waals surface area contributed by atoms with Crippen LogP contribution in [0.2, 0.25) is 0 Å². The molecule has 2 aromatic rings. The summed E-state index contributed by atoms with van der Waals surface area (Å²) in [5.41, 5.74) is 0. The summed E-state index contributed by atoms with van der Waals surface area (Å²) in [7, 11) is 3.33. The zero-order chi connectivity index (χ0) is 15.9. The summed E-state index contributed by atoms with van der Waals surface area (Å²) in [6.07, 6.45) is 4.70. The van der Waals surface area contributed by atoms with Crippen LogP contribution in [0.3, 0.4) is 0 Å². The molecule has 8 nitrogen and oxygen atoms in total. The molecule has 2 rings (SSSR count). The Hall–Kier alpha value is -2.22. The summed E-state index contributed by atoms with van der Waals surface area (Å²) in [6, 6.07) is 1.48. The Balaban J connectivity index is 1.97. The van der Waals surface area contributed by atoms with Gasteiger partial charge in [-0.2, -0.15) is 10.1 Å². The molecule has 8 heteroatoms. The third-order valence-electron chi connectivity index (χ3n) is 3.30. The molecule has 120 valence electrons. The highest BCUT2D eigenvalue weighted by molar-refractivity contribution is 5.79. The molecule has 0 aliphatic rings. The number of nitrogens with zero attached hydrogens (tertiary/aromatic N) is 5. The van der Waals surface area contributed by atoms with Gasteiger partial charge in [0.2, 0.25) is 11.8 Å². The molecule has 0 N–H and O–H groups in total. The number of amides is 1. The van der Waals surface area contributed by atoms with Gasteiger partial charge in [0.1, 0.15) is 6.04 Å². The minimum atomic E-state index is -0.323. The first kappa shape index (κ1) is 16.2. The van der Waals surface area contributed by atoms with Crippen molar-refractivity contribution in [1.82, 2.24) is 24.8 Å². The second-order valence-corrected chi connectivity index (χ2v) is 4.95. The van der Waals surface area contributed by atoms with Crippen LogP contribution in [0.5, 0.6) is 0 Å². The van der Waals surface area contributed by atoms with Crippen LogP contribution in [0.4, 0.5) is 0 Å². The van der Waals surface area contributed by atoms with Gasteiger partial charge in [-0.3, -0.25) is 9.48 Å². The lowest BCUT2D eigenvalue weighted by atomic mass is 10.2. The minimum absolute atomic E-state index is 0.0390. The van der Waals surface area contributed by atoms with Gasteiger partial charge in [0.15, 0.2) is 5.82 Å². The van der Waals surface area contributed by atoms with Crippen LogP contribution in [0.15, 0.2) is 23.0 Å². The predicted molar refractivity (Wildman–Crippen MR) is 77.9 cm³/mol. The van der Waals surface area contributed by atoms with Gasteiger partial charge in [-0.05, 0) is 12.5 Å². The molecule has 0 aliphatic carbocycles. The Morgan fingerprint density at radius 3 is 3.00 bits per heavy atom. The number of rotatable bonds is 8. The van der Waals surface area contributed by atoms with Crippen LogP contribution in [0.25, 0.3) is 0 Å². The summed E-state index contributed by atoms with van der Waals surface area (Å²) in [5, 5.41) is 8.00. The fourth-order valence-corrected chi connectivity index (χ4v) is 2.12. The van der Waals surface area contributed by atoms with Crippen LogP contribution < -0.4 is 0 Å². The van der Waals surface area contributed by atoms with Gasteiger partial charge in [-0.15, -0.1) is 0 Å². The molecule has 0 radical (unpaired) electrons. The number of methoxy groups -OCH3 is 1. The number of carbonyl (C=O) groups excluding carboxylic acids is 1. The molecule has 1 atom stereocenters. The molecule has 0 fully saturated rings. The summed E-state index contributed by atoms with van der Waals surface area (Å²) >= 11 is 0. The van der Waals surface area contributed by atoms with E-state index in [-0.39, 0.29) is 18.5 Å². The highest BCUT2D eigenvalue weighted by atomic mass is 16.5. The monoisotopic (exact) mass is 307 g/mol. The molecule has 0 aromatic carbocycles. The first-order valence-electron chi connectivity index (χ1n) is 7.20. The Morgan fingerprint density at radius 2 is 2.36 bits per heavy atom. The molecule has 1 unspecified atom stereocenters. The maximum absolute atomic E-state index is 12.5. The number of hydrogen-bond donors (Lipinski definition) is 0. The first-order valence-corrected chi connectivity index (χ1v) is 7.20. The first-order chi connectivity index (χ1) is 10.7. The van der Waals surface area contributed by atoms with Crippen molar-refractivity contribution < 1.29 is 14.1 Å². The Morgan fingerprint density at radius 1 is 1.55 bits per heavy atom. The lowest BCUT2D eigenvalue weighted by Gasteiger charge is -2.21. The van der Waals surface area contributed by atoms with E-state index in [0.717, 1.165) is 0 Å². The molecular weight excluding hydrogens is 286 g/mol. The third kappa shape index (κ3) is 3.91. The van der Waals surface area contributed by atoms with Crippen molar-refractivity contribution in [1.29, 1.82) is 0 Å². The molecule has 0 saturated heterocycles. The highest BCUT2D eigenvalue weighted by Crippen LogP contribution is 2.14. The van der Waals surface area contributed by atoms with E-state index in [1.807, 2.05) is 6.92 Å². The number of carbonyl (C=O) groups is 1. The zero-order valence-corrected chi connectivity index (χ0v) is 13.1. The molecule has 0 spiro atoms. The molecule has 0 bridgehead atoms. The second-order valence-electron chi connectivity index (χ2n) is 4.95. The molecule has 0 saturated carbocycles. The maximum atomic E-state index is 12.5. The van der Waals surface area contributed by atoms with Crippen LogP contribution in [0.1, 0.15) is 31.1 Å². The van der Waals surface area contributed by atoms with Gasteiger partial charge in [0.05, 0.1) is 13.2 Å². The largest absolute Gasteiger partial charge is 0.384 e. The third-order valence-corrected chi connectivity index (χ3v) is 3.30. The Kier molecular flexibility index (Phi) is 5.65. The predicted octanol–water partition coefficient (Wildman–Crippen LogP) is 1.06. The summed E-state index contributed by atoms with van der Waals surface area (Å²) in [4.78, 5) is 18.3. The summed E-state index contributed by atoms with van der Waals surface area (Å²) in [6.45, 7) is 2.76. The fraction of sp³-hybridized carbons (Fsp3) is 0.571. The average Bonchev–Trinajstić information content (AvgIpc) is 3.18. The molecule has 1 amide bonds. The van der Waals surface area contributed by atoms with Crippen LogP contribution in [0, 0.1) is 0 Å². The van der Waals surface area contributed by atoms with E-state index in [9.17, 15) is 4.79 Å². The van der Waals surface area contributed by atoms with E-state index >= 15 is 0 Å². The maximum Gasteiger partial charge on any atom is 0.247 e. The molecule has 22 heavy (non-hydrogen) atoms. The Labute approximate surface area is 129 Å². The molecular formula is C14H21N5O3. The number of ether oxygens (including phenoxy) is 1. The smallest absolute Gasteiger partial charge is 0.247 e. The number of hydrogen-bond acceptors (Lipinski definition) is 6. The quantitative estimate of drug-likeness (QED) is 0.725. The van der Waals surface area contributed by atoms with Crippen LogP contribution in [-0.4, -0.2) is 51.5 Å². The van der Waals surface area contributed by atoms with E-state index in [2.05, 4.69) is 15.2 Å². The molecule has 2 heterocycles. The van der Waals surface area contributed by atoms with Gasteiger partial charge in [0, 0.05) is 33.0 Å². The van der Waals surface area contributed by atoms with Crippen molar-refractivity contribution in [3.05, 3.63) is 30.2 Å². The number of aromatic nitrogens is 4. The molecule has 0 aliphatic heterocycles. The van der Waals surface area contributed by atoms with Gasteiger partial charge in [0.25, 0.3) is 0 Å². The van der Waals surface area contributed by atoms with Crippen molar-refractivity contribution in [2.24, 2.45) is 0 Å². The van der Waals surface area contributed by atoms with E-state index in [1.54, 1.807) is 42.2 Å². The highest BCUT2D eigenvalue weighted by Gasteiger charge is 2.23. The van der Waals surface area contributed by atoms with Crippen molar-refractivity contribution in [3.63, 3.8) is 0 Å². The standard InChI is InChI=1S/C14H21N5O3/c1-4-11(19-8-5-7-15-19)14(20)18(2)10-13-16-12(17-22-13)6-9-21-3/h5,7-8,11H,4,6,9-10H2,1-3H3. The number of likely N-dealkylation sites (N-methyl/N-ethyl adjacent to an activating group) is 1.